The number of rotatable bonds is 7. The molecule has 0 aromatic heterocycles. The molecular formula is C17H28ClNO. The predicted molar refractivity (Wildman–Crippen MR) is 87.6 cm³/mol. The summed E-state index contributed by atoms with van der Waals surface area (Å²) in [6.45, 7) is 12.4. The Morgan fingerprint density at radius 2 is 1.85 bits per heavy atom. The van der Waals surface area contributed by atoms with E-state index in [1.807, 2.05) is 12.1 Å². The topological polar surface area (TPSA) is 21.3 Å². The van der Waals surface area contributed by atoms with Gasteiger partial charge in [0.1, 0.15) is 5.75 Å². The molecule has 0 aliphatic carbocycles. The van der Waals surface area contributed by atoms with Crippen molar-refractivity contribution >= 4 is 11.6 Å². The smallest absolute Gasteiger partial charge is 0.142 e. The monoisotopic (exact) mass is 297 g/mol. The first-order chi connectivity index (χ1) is 9.37. The summed E-state index contributed by atoms with van der Waals surface area (Å²) in [6, 6.07) is 5.95. The van der Waals surface area contributed by atoms with Gasteiger partial charge in [0.2, 0.25) is 0 Å². The van der Waals surface area contributed by atoms with Gasteiger partial charge in [0.05, 0.1) is 11.6 Å². The molecule has 0 bridgehead atoms. The minimum absolute atomic E-state index is 0.0783. The lowest BCUT2D eigenvalue weighted by Gasteiger charge is -2.22. The van der Waals surface area contributed by atoms with E-state index in [1.54, 1.807) is 0 Å². The molecule has 0 saturated heterocycles. The Labute approximate surface area is 128 Å². The van der Waals surface area contributed by atoms with Gasteiger partial charge in [-0.25, -0.2) is 0 Å². The van der Waals surface area contributed by atoms with Crippen LogP contribution in [0.1, 0.15) is 53.0 Å². The Kier molecular flexibility index (Phi) is 6.84. The SMILES string of the molecule is CCC(CC)COc1c(Cl)cccc1CNC(C)(C)C. The molecule has 0 saturated carbocycles. The maximum absolute atomic E-state index is 6.30. The van der Waals surface area contributed by atoms with E-state index in [1.165, 1.54) is 0 Å². The zero-order valence-corrected chi connectivity index (χ0v) is 14.2. The third-order valence-electron chi connectivity index (χ3n) is 3.48. The molecule has 0 unspecified atom stereocenters. The van der Waals surface area contributed by atoms with Crippen molar-refractivity contribution in [3.8, 4) is 5.75 Å². The molecule has 0 amide bonds. The van der Waals surface area contributed by atoms with E-state index in [2.05, 4.69) is 46.0 Å². The van der Waals surface area contributed by atoms with E-state index in [4.69, 9.17) is 16.3 Å². The van der Waals surface area contributed by atoms with Gasteiger partial charge >= 0.3 is 0 Å². The van der Waals surface area contributed by atoms with Crippen LogP contribution in [0.3, 0.4) is 0 Å². The first-order valence-corrected chi connectivity index (χ1v) is 7.90. The van der Waals surface area contributed by atoms with Gasteiger partial charge in [-0.05, 0) is 32.8 Å². The Balaban J connectivity index is 2.77. The lowest BCUT2D eigenvalue weighted by Crippen LogP contribution is -2.35. The van der Waals surface area contributed by atoms with Gasteiger partial charge < -0.3 is 10.1 Å². The van der Waals surface area contributed by atoms with Crippen LogP contribution in [0.25, 0.3) is 0 Å². The molecule has 1 aromatic rings. The molecule has 0 aliphatic heterocycles. The molecule has 114 valence electrons. The summed E-state index contributed by atoms with van der Waals surface area (Å²) < 4.78 is 6.01. The third-order valence-corrected chi connectivity index (χ3v) is 3.77. The van der Waals surface area contributed by atoms with E-state index in [9.17, 15) is 0 Å². The zero-order chi connectivity index (χ0) is 15.2. The summed E-state index contributed by atoms with van der Waals surface area (Å²) in [6.07, 6.45) is 2.27. The van der Waals surface area contributed by atoms with Crippen LogP contribution < -0.4 is 10.1 Å². The summed E-state index contributed by atoms with van der Waals surface area (Å²) in [5.74, 6) is 1.42. The number of benzene rings is 1. The van der Waals surface area contributed by atoms with Crippen LogP contribution in [0.15, 0.2) is 18.2 Å². The van der Waals surface area contributed by atoms with Crippen molar-refractivity contribution in [2.75, 3.05) is 6.61 Å². The Hall–Kier alpha value is -0.730. The van der Waals surface area contributed by atoms with Crippen LogP contribution in [-0.2, 0) is 6.54 Å². The fourth-order valence-corrected chi connectivity index (χ4v) is 2.19. The van der Waals surface area contributed by atoms with Gasteiger partial charge in [0, 0.05) is 17.6 Å². The summed E-state index contributed by atoms with van der Waals surface area (Å²) in [5.41, 5.74) is 1.20. The van der Waals surface area contributed by atoms with Crippen LogP contribution in [0.5, 0.6) is 5.75 Å². The highest BCUT2D eigenvalue weighted by atomic mass is 35.5. The zero-order valence-electron chi connectivity index (χ0n) is 13.4. The first-order valence-electron chi connectivity index (χ1n) is 7.52. The van der Waals surface area contributed by atoms with Gasteiger partial charge in [-0.3, -0.25) is 0 Å². The fraction of sp³-hybridized carbons (Fsp3) is 0.647. The third kappa shape index (κ3) is 5.72. The van der Waals surface area contributed by atoms with Gasteiger partial charge in [0.25, 0.3) is 0 Å². The van der Waals surface area contributed by atoms with Crippen LogP contribution in [0.4, 0.5) is 0 Å². The van der Waals surface area contributed by atoms with Crippen molar-refractivity contribution in [1.82, 2.24) is 5.32 Å². The van der Waals surface area contributed by atoms with Crippen LogP contribution in [-0.4, -0.2) is 12.1 Å². The average Bonchev–Trinajstić information content (AvgIpc) is 2.38. The van der Waals surface area contributed by atoms with Gasteiger partial charge in [-0.15, -0.1) is 0 Å². The summed E-state index contributed by atoms with van der Waals surface area (Å²) in [4.78, 5) is 0. The molecule has 1 rings (SSSR count). The number of hydrogen-bond acceptors (Lipinski definition) is 2. The Bertz CT molecular complexity index is 408. The molecule has 3 heteroatoms. The highest BCUT2D eigenvalue weighted by Gasteiger charge is 2.14. The number of halogens is 1. The molecule has 0 spiro atoms. The van der Waals surface area contributed by atoms with Crippen molar-refractivity contribution in [3.63, 3.8) is 0 Å². The van der Waals surface area contributed by atoms with Crippen LogP contribution >= 0.6 is 11.6 Å². The van der Waals surface area contributed by atoms with Gasteiger partial charge in [0.15, 0.2) is 0 Å². The Morgan fingerprint density at radius 3 is 2.40 bits per heavy atom. The van der Waals surface area contributed by atoms with E-state index in [0.717, 1.165) is 37.3 Å². The van der Waals surface area contributed by atoms with E-state index in [-0.39, 0.29) is 5.54 Å². The second kappa shape index (κ2) is 7.90. The second-order valence-electron chi connectivity index (χ2n) is 6.33. The number of ether oxygens (including phenoxy) is 1. The van der Waals surface area contributed by atoms with E-state index in [0.29, 0.717) is 10.9 Å². The predicted octanol–water partition coefficient (Wildman–Crippen LogP) is 5.04. The number of para-hydroxylation sites is 1. The minimum Gasteiger partial charge on any atom is -0.491 e. The molecule has 1 N–H and O–H groups in total. The molecule has 20 heavy (non-hydrogen) atoms. The highest BCUT2D eigenvalue weighted by Crippen LogP contribution is 2.29. The van der Waals surface area contributed by atoms with Crippen LogP contribution in [0, 0.1) is 5.92 Å². The second-order valence-corrected chi connectivity index (χ2v) is 6.73. The lowest BCUT2D eigenvalue weighted by molar-refractivity contribution is 0.238. The standard InChI is InChI=1S/C17H28ClNO/c1-6-13(7-2)12-20-16-14(9-8-10-15(16)18)11-19-17(3,4)5/h8-10,13,19H,6-7,11-12H2,1-5H3. The lowest BCUT2D eigenvalue weighted by atomic mass is 10.1. The molecule has 0 radical (unpaired) electrons. The van der Waals surface area contributed by atoms with Gasteiger partial charge in [-0.1, -0.05) is 50.4 Å². The van der Waals surface area contributed by atoms with E-state index < -0.39 is 0 Å². The maximum Gasteiger partial charge on any atom is 0.142 e. The van der Waals surface area contributed by atoms with Crippen LogP contribution in [0.2, 0.25) is 5.02 Å². The largest absolute Gasteiger partial charge is 0.491 e. The molecule has 0 heterocycles. The summed E-state index contributed by atoms with van der Waals surface area (Å²) >= 11 is 6.30. The van der Waals surface area contributed by atoms with Crippen molar-refractivity contribution in [2.24, 2.45) is 5.92 Å². The average molecular weight is 298 g/mol. The molecular weight excluding hydrogens is 270 g/mol. The van der Waals surface area contributed by atoms with Crippen molar-refractivity contribution in [2.45, 2.75) is 59.5 Å². The fourth-order valence-electron chi connectivity index (χ4n) is 1.94. The van der Waals surface area contributed by atoms with Gasteiger partial charge in [-0.2, -0.15) is 0 Å². The highest BCUT2D eigenvalue weighted by molar-refractivity contribution is 6.32. The molecule has 1 aromatic carbocycles. The quantitative estimate of drug-likeness (QED) is 0.761. The normalized spacial score (nSPS) is 11.9. The van der Waals surface area contributed by atoms with E-state index >= 15 is 0 Å². The summed E-state index contributed by atoms with van der Waals surface area (Å²) in [7, 11) is 0. The molecule has 0 aliphatic rings. The first kappa shape index (κ1) is 17.3. The molecule has 0 fully saturated rings. The van der Waals surface area contributed by atoms with Crippen molar-refractivity contribution in [1.29, 1.82) is 0 Å². The Morgan fingerprint density at radius 1 is 1.20 bits per heavy atom. The minimum atomic E-state index is 0.0783. The van der Waals surface area contributed by atoms with Crippen molar-refractivity contribution in [3.05, 3.63) is 28.8 Å². The maximum atomic E-state index is 6.30. The number of nitrogens with one attached hydrogen (secondary N) is 1. The number of hydrogen-bond donors (Lipinski definition) is 1. The summed E-state index contributed by atoms with van der Waals surface area (Å²) in [5, 5.41) is 4.18. The van der Waals surface area contributed by atoms with Crippen molar-refractivity contribution < 1.29 is 4.74 Å². The molecule has 0 atom stereocenters. The molecule has 2 nitrogen and oxygen atoms in total.